The number of nitrogen functional groups attached to an aromatic ring is 1. The number of ether oxygens (including phenoxy) is 2. The highest BCUT2D eigenvalue weighted by Gasteiger charge is 2.09. The molecule has 106 valence electrons. The highest BCUT2D eigenvalue weighted by atomic mass is 16.5. The summed E-state index contributed by atoms with van der Waals surface area (Å²) in [5.74, 6) is 1.52. The second-order valence-electron chi connectivity index (χ2n) is 4.62. The van der Waals surface area contributed by atoms with Crippen molar-refractivity contribution in [1.29, 1.82) is 0 Å². The van der Waals surface area contributed by atoms with E-state index < -0.39 is 0 Å². The molecule has 0 spiro atoms. The molecule has 0 saturated heterocycles. The van der Waals surface area contributed by atoms with E-state index in [4.69, 9.17) is 15.2 Å². The topological polar surface area (TPSA) is 44.5 Å². The normalized spacial score (nSPS) is 10.3. The van der Waals surface area contributed by atoms with Crippen molar-refractivity contribution < 1.29 is 9.47 Å². The molecule has 2 N–H and O–H groups in total. The van der Waals surface area contributed by atoms with E-state index in [0.717, 1.165) is 33.9 Å². The summed E-state index contributed by atoms with van der Waals surface area (Å²) in [5.41, 5.74) is 10.1. The Morgan fingerprint density at radius 1 is 0.900 bits per heavy atom. The van der Waals surface area contributed by atoms with Crippen LogP contribution in [-0.2, 0) is 0 Å². The molecule has 0 heterocycles. The van der Waals surface area contributed by atoms with Crippen LogP contribution in [0.5, 0.6) is 11.5 Å². The van der Waals surface area contributed by atoms with Gasteiger partial charge in [0.2, 0.25) is 0 Å². The highest BCUT2D eigenvalue weighted by Crippen LogP contribution is 2.35. The van der Waals surface area contributed by atoms with Crippen LogP contribution in [0.4, 0.5) is 5.69 Å². The lowest BCUT2D eigenvalue weighted by atomic mass is 10.0. The molecule has 2 aromatic carbocycles. The summed E-state index contributed by atoms with van der Waals surface area (Å²) in [7, 11) is 0. The van der Waals surface area contributed by atoms with E-state index in [0.29, 0.717) is 13.2 Å². The average Bonchev–Trinajstić information content (AvgIpc) is 2.41. The third-order valence-electron chi connectivity index (χ3n) is 3.06. The fourth-order valence-corrected chi connectivity index (χ4v) is 2.16. The molecule has 0 atom stereocenters. The Morgan fingerprint density at radius 2 is 1.60 bits per heavy atom. The summed E-state index contributed by atoms with van der Waals surface area (Å²) < 4.78 is 11.2. The molecule has 0 unspecified atom stereocenters. The standard InChI is InChI=1S/C17H21NO2/c1-4-19-16-9-7-13(11-17(16)20-5-2)14-8-6-12(3)10-15(14)18/h6-11H,4-5,18H2,1-3H3. The molecule has 0 bridgehead atoms. The van der Waals surface area contributed by atoms with Crippen molar-refractivity contribution in [2.75, 3.05) is 18.9 Å². The highest BCUT2D eigenvalue weighted by molar-refractivity contribution is 5.78. The van der Waals surface area contributed by atoms with Gasteiger partial charge in [0.25, 0.3) is 0 Å². The van der Waals surface area contributed by atoms with E-state index in [9.17, 15) is 0 Å². The van der Waals surface area contributed by atoms with Crippen LogP contribution in [0, 0.1) is 6.92 Å². The SMILES string of the molecule is CCOc1ccc(-c2ccc(C)cc2N)cc1OCC. The zero-order chi connectivity index (χ0) is 14.5. The number of benzene rings is 2. The molecule has 0 aliphatic carbocycles. The van der Waals surface area contributed by atoms with Crippen molar-refractivity contribution in [1.82, 2.24) is 0 Å². The lowest BCUT2D eigenvalue weighted by Gasteiger charge is -2.13. The summed E-state index contributed by atoms with van der Waals surface area (Å²) >= 11 is 0. The van der Waals surface area contributed by atoms with Crippen molar-refractivity contribution in [2.45, 2.75) is 20.8 Å². The lowest BCUT2D eigenvalue weighted by molar-refractivity contribution is 0.288. The van der Waals surface area contributed by atoms with Gasteiger partial charge in [0.15, 0.2) is 11.5 Å². The smallest absolute Gasteiger partial charge is 0.161 e. The quantitative estimate of drug-likeness (QED) is 0.835. The van der Waals surface area contributed by atoms with Crippen LogP contribution in [-0.4, -0.2) is 13.2 Å². The first kappa shape index (κ1) is 14.3. The molecular formula is C17H21NO2. The van der Waals surface area contributed by atoms with E-state index in [1.807, 2.05) is 51.1 Å². The molecule has 0 aliphatic rings. The van der Waals surface area contributed by atoms with Crippen molar-refractivity contribution in [3.63, 3.8) is 0 Å². The first-order chi connectivity index (χ1) is 9.65. The summed E-state index contributed by atoms with van der Waals surface area (Å²) in [6.07, 6.45) is 0. The van der Waals surface area contributed by atoms with E-state index in [1.165, 1.54) is 0 Å². The van der Waals surface area contributed by atoms with Gasteiger partial charge in [0.1, 0.15) is 0 Å². The number of nitrogens with two attached hydrogens (primary N) is 1. The number of aryl methyl sites for hydroxylation is 1. The van der Waals surface area contributed by atoms with E-state index in [2.05, 4.69) is 6.07 Å². The fourth-order valence-electron chi connectivity index (χ4n) is 2.16. The number of rotatable bonds is 5. The van der Waals surface area contributed by atoms with Gasteiger partial charge in [-0.05, 0) is 50.1 Å². The Morgan fingerprint density at radius 3 is 2.25 bits per heavy atom. The van der Waals surface area contributed by atoms with Crippen molar-refractivity contribution >= 4 is 5.69 Å². The van der Waals surface area contributed by atoms with Gasteiger partial charge in [-0.1, -0.05) is 18.2 Å². The van der Waals surface area contributed by atoms with Crippen LogP contribution in [0.2, 0.25) is 0 Å². The van der Waals surface area contributed by atoms with Gasteiger partial charge < -0.3 is 15.2 Å². The maximum absolute atomic E-state index is 6.10. The monoisotopic (exact) mass is 271 g/mol. The zero-order valence-corrected chi connectivity index (χ0v) is 12.3. The molecule has 2 aromatic rings. The first-order valence-electron chi connectivity index (χ1n) is 6.91. The summed E-state index contributed by atoms with van der Waals surface area (Å²) in [5, 5.41) is 0. The van der Waals surface area contributed by atoms with Gasteiger partial charge in [-0.3, -0.25) is 0 Å². The minimum Gasteiger partial charge on any atom is -0.490 e. The molecule has 2 rings (SSSR count). The van der Waals surface area contributed by atoms with Crippen LogP contribution < -0.4 is 15.2 Å². The van der Waals surface area contributed by atoms with Gasteiger partial charge in [0, 0.05) is 11.3 Å². The maximum atomic E-state index is 6.10. The van der Waals surface area contributed by atoms with Gasteiger partial charge in [-0.2, -0.15) is 0 Å². The van der Waals surface area contributed by atoms with Crippen LogP contribution in [0.1, 0.15) is 19.4 Å². The van der Waals surface area contributed by atoms with Crippen LogP contribution in [0.25, 0.3) is 11.1 Å². The molecule has 0 amide bonds. The second kappa shape index (κ2) is 6.33. The third kappa shape index (κ3) is 3.05. The van der Waals surface area contributed by atoms with E-state index in [1.54, 1.807) is 0 Å². The van der Waals surface area contributed by atoms with Crippen LogP contribution in [0.3, 0.4) is 0 Å². The number of anilines is 1. The van der Waals surface area contributed by atoms with Crippen LogP contribution >= 0.6 is 0 Å². The summed E-state index contributed by atoms with van der Waals surface area (Å²) in [6.45, 7) is 7.17. The van der Waals surface area contributed by atoms with E-state index >= 15 is 0 Å². The van der Waals surface area contributed by atoms with Gasteiger partial charge in [-0.25, -0.2) is 0 Å². The summed E-state index contributed by atoms with van der Waals surface area (Å²) in [4.78, 5) is 0. The molecule has 0 aromatic heterocycles. The largest absolute Gasteiger partial charge is 0.490 e. The number of hydrogen-bond acceptors (Lipinski definition) is 3. The molecular weight excluding hydrogens is 250 g/mol. The van der Waals surface area contributed by atoms with Crippen molar-refractivity contribution in [3.8, 4) is 22.6 Å². The van der Waals surface area contributed by atoms with E-state index in [-0.39, 0.29) is 0 Å². The van der Waals surface area contributed by atoms with Crippen LogP contribution in [0.15, 0.2) is 36.4 Å². The predicted octanol–water partition coefficient (Wildman–Crippen LogP) is 4.04. The predicted molar refractivity (Wildman–Crippen MR) is 83.4 cm³/mol. The molecule has 3 nitrogen and oxygen atoms in total. The maximum Gasteiger partial charge on any atom is 0.161 e. The molecule has 3 heteroatoms. The fraction of sp³-hybridized carbons (Fsp3) is 0.294. The Bertz CT molecular complexity index is 594. The second-order valence-corrected chi connectivity index (χ2v) is 4.62. The Kier molecular flexibility index (Phi) is 4.51. The molecule has 0 radical (unpaired) electrons. The third-order valence-corrected chi connectivity index (χ3v) is 3.06. The summed E-state index contributed by atoms with van der Waals surface area (Å²) in [6, 6.07) is 12.0. The molecule has 20 heavy (non-hydrogen) atoms. The molecule has 0 aliphatic heterocycles. The molecule has 0 fully saturated rings. The minimum atomic E-state index is 0.604. The minimum absolute atomic E-state index is 0.604. The Labute approximate surface area is 120 Å². The zero-order valence-electron chi connectivity index (χ0n) is 12.3. The number of hydrogen-bond donors (Lipinski definition) is 1. The molecule has 0 saturated carbocycles. The first-order valence-corrected chi connectivity index (χ1v) is 6.91. The van der Waals surface area contributed by atoms with Gasteiger partial charge >= 0.3 is 0 Å². The van der Waals surface area contributed by atoms with Gasteiger partial charge in [-0.15, -0.1) is 0 Å². The Balaban J connectivity index is 2.44. The van der Waals surface area contributed by atoms with Gasteiger partial charge in [0.05, 0.1) is 13.2 Å². The average molecular weight is 271 g/mol. The van der Waals surface area contributed by atoms with Crippen molar-refractivity contribution in [2.24, 2.45) is 0 Å². The Hall–Kier alpha value is -2.16. The lowest BCUT2D eigenvalue weighted by Crippen LogP contribution is -1.99. The van der Waals surface area contributed by atoms with Crippen molar-refractivity contribution in [3.05, 3.63) is 42.0 Å².